The number of carboxylic acid groups (broad SMARTS) is 1. The summed E-state index contributed by atoms with van der Waals surface area (Å²) in [5.74, 6) is -2.35. The number of nitrogens with one attached hydrogen (secondary N) is 1. The summed E-state index contributed by atoms with van der Waals surface area (Å²) < 4.78 is 67.5. The summed E-state index contributed by atoms with van der Waals surface area (Å²) in [6, 6.07) is 0.0931. The summed E-state index contributed by atoms with van der Waals surface area (Å²) >= 11 is 0. The molecule has 0 saturated heterocycles. The second kappa shape index (κ2) is 7.69. The molecule has 168 valence electrons. The maximum atomic E-state index is 15.5. The Morgan fingerprint density at radius 3 is 2.58 bits per heavy atom. The molecule has 31 heavy (non-hydrogen) atoms. The quantitative estimate of drug-likeness (QED) is 0.382. The molecule has 1 aromatic heterocycles. The number of carbonyl (C=O) groups is 2. The van der Waals surface area contributed by atoms with Crippen LogP contribution in [0, 0.1) is 13.8 Å². The molecule has 2 aliphatic rings. The number of nitrogens with zero attached hydrogens (tertiary/aromatic N) is 2. The maximum Gasteiger partial charge on any atom is 1.00 e. The van der Waals surface area contributed by atoms with Crippen molar-refractivity contribution in [2.45, 2.75) is 32.7 Å². The highest BCUT2D eigenvalue weighted by atomic mass is 32.2. The summed E-state index contributed by atoms with van der Waals surface area (Å²) in [6.45, 7) is -1.88. The Kier molecular flexibility index (Phi) is 5.67. The van der Waals surface area contributed by atoms with Crippen LogP contribution >= 0.6 is 0 Å². The minimum atomic E-state index is -5.11. The standard InChI is InChI=1S/C17H21BF2N4O6S/c1-9-5-10(2)23-14(9)6-11-7-15(31(28,29)30)13(24(11)18(23,19)20)3-4-16(25)22-8-12(21)17(26)27/h5-7,12H,3-4,8,21H2,1-2H3,(H,22,25)(H,26,27)(H,28,29,30)/t12-/m1/s1. The minimum absolute atomic E-state index is 0. The third-order valence-corrected chi connectivity index (χ3v) is 6.08. The van der Waals surface area contributed by atoms with Gasteiger partial charge in [-0.15, -0.1) is 0 Å². The summed E-state index contributed by atoms with van der Waals surface area (Å²) in [5, 5.41) is 12.8. The molecule has 10 nitrogen and oxygen atoms in total. The fraction of sp³-hybridized carbons (Fsp3) is 0.353. The van der Waals surface area contributed by atoms with Crippen LogP contribution in [0.5, 0.6) is 0 Å². The first kappa shape index (κ1) is 22.8. The number of amides is 1. The van der Waals surface area contributed by atoms with Crippen LogP contribution in [0.3, 0.4) is 0 Å². The molecule has 1 atom stereocenters. The van der Waals surface area contributed by atoms with E-state index in [0.717, 1.165) is 10.6 Å². The molecular weight excluding hydrogens is 437 g/mol. The first-order valence-corrected chi connectivity index (χ1v) is 10.6. The zero-order valence-corrected chi connectivity index (χ0v) is 17.4. The van der Waals surface area contributed by atoms with E-state index in [2.05, 4.69) is 5.32 Å². The summed E-state index contributed by atoms with van der Waals surface area (Å²) in [6.07, 6.45) is 1.26. The summed E-state index contributed by atoms with van der Waals surface area (Å²) in [7, 11) is -5.11. The lowest BCUT2D eigenvalue weighted by Crippen LogP contribution is -2.51. The topological polar surface area (TPSA) is 160 Å². The average Bonchev–Trinajstić information content (AvgIpc) is 3.16. The number of carbonyl (C=O) groups excluding carboxylic acids is 2. The molecule has 3 heterocycles. The SMILES string of the molecule is Cc1cc(C)n2c1C=C1C=C(S(=O)(=O)[O-])C(CCC(=O)NC[C@@H](N)C(=O)[O-])=[N+]1[B-]2(F)F.[H+].[H+]. The predicted molar refractivity (Wildman–Crippen MR) is 106 cm³/mol. The molecule has 0 aromatic carbocycles. The number of allylic oxidation sites excluding steroid dienone is 2. The molecule has 3 N–H and O–H groups in total. The number of hydrogen-bond acceptors (Lipinski definition) is 7. The van der Waals surface area contributed by atoms with Gasteiger partial charge >= 0.3 is 9.82 Å². The number of aryl methyl sites for hydroxylation is 2. The smallest absolute Gasteiger partial charge is 0.744 e. The number of fused-ring (bicyclic) bond motifs is 2. The van der Waals surface area contributed by atoms with E-state index < -0.39 is 65.0 Å². The van der Waals surface area contributed by atoms with Gasteiger partial charge in [0.1, 0.15) is 15.0 Å². The summed E-state index contributed by atoms with van der Waals surface area (Å²) in [4.78, 5) is 21.8. The molecule has 0 radical (unpaired) electrons. The van der Waals surface area contributed by atoms with Gasteiger partial charge in [-0.25, -0.2) is 8.42 Å². The fourth-order valence-electron chi connectivity index (χ4n) is 3.82. The third-order valence-electron chi connectivity index (χ3n) is 5.19. The molecule has 0 saturated carbocycles. The Balaban J connectivity index is 0.00000272. The largest absolute Gasteiger partial charge is 1.00 e. The highest BCUT2D eigenvalue weighted by Gasteiger charge is 2.54. The van der Waals surface area contributed by atoms with Crippen LogP contribution in [0.15, 0.2) is 22.7 Å². The zero-order chi connectivity index (χ0) is 23.3. The van der Waals surface area contributed by atoms with Gasteiger partial charge in [0.15, 0.2) is 11.4 Å². The van der Waals surface area contributed by atoms with Gasteiger partial charge in [-0.05, 0) is 31.2 Å². The Hall–Kier alpha value is -2.84. The molecule has 1 aromatic rings. The molecular formula is C17H21BF2N4O6S. The lowest BCUT2D eigenvalue weighted by Gasteiger charge is -2.30. The molecule has 0 fully saturated rings. The van der Waals surface area contributed by atoms with Crippen molar-refractivity contribution < 1.29 is 43.6 Å². The molecule has 0 aliphatic carbocycles. The lowest BCUT2D eigenvalue weighted by atomic mass is 9.90. The Morgan fingerprint density at radius 2 is 2.00 bits per heavy atom. The molecule has 0 bridgehead atoms. The lowest BCUT2D eigenvalue weighted by molar-refractivity contribution is -0.362. The van der Waals surface area contributed by atoms with Gasteiger partial charge in [0.05, 0.1) is 12.0 Å². The highest BCUT2D eigenvalue weighted by molar-refractivity contribution is 7.90. The number of rotatable bonds is 7. The average molecular weight is 458 g/mol. The van der Waals surface area contributed by atoms with Gasteiger partial charge in [0.2, 0.25) is 5.91 Å². The van der Waals surface area contributed by atoms with Crippen molar-refractivity contribution in [2.75, 3.05) is 6.54 Å². The zero-order valence-electron chi connectivity index (χ0n) is 18.6. The number of carboxylic acids is 1. The van der Waals surface area contributed by atoms with Gasteiger partial charge in [0, 0.05) is 37.2 Å². The van der Waals surface area contributed by atoms with Gasteiger partial charge < -0.3 is 43.1 Å². The summed E-state index contributed by atoms with van der Waals surface area (Å²) in [5.41, 5.74) is 5.56. The molecule has 3 rings (SSSR count). The second-order valence-electron chi connectivity index (χ2n) is 7.39. The van der Waals surface area contributed by atoms with Crippen LogP contribution in [0.1, 0.15) is 32.6 Å². The van der Waals surface area contributed by atoms with Crippen LogP contribution in [0.4, 0.5) is 8.63 Å². The normalized spacial score (nSPS) is 18.1. The monoisotopic (exact) mass is 458 g/mol. The number of aliphatic carboxylic acids is 1. The number of nitrogens with two attached hydrogens (primary N) is 1. The molecule has 1 amide bonds. The van der Waals surface area contributed by atoms with Crippen LogP contribution in [0.25, 0.3) is 6.08 Å². The Bertz CT molecular complexity index is 1200. The van der Waals surface area contributed by atoms with Crippen LogP contribution < -0.4 is 16.2 Å². The van der Waals surface area contributed by atoms with E-state index >= 15 is 8.63 Å². The fourth-order valence-corrected chi connectivity index (χ4v) is 4.57. The third kappa shape index (κ3) is 4.05. The van der Waals surface area contributed by atoms with Crippen molar-refractivity contribution in [2.24, 2.45) is 5.73 Å². The predicted octanol–water partition coefficient (Wildman–Crippen LogP) is -1.22. The Labute approximate surface area is 179 Å². The van der Waals surface area contributed by atoms with E-state index in [4.69, 9.17) is 5.73 Å². The highest BCUT2D eigenvalue weighted by Crippen LogP contribution is 2.37. The van der Waals surface area contributed by atoms with Crippen molar-refractivity contribution >= 4 is 40.8 Å². The van der Waals surface area contributed by atoms with Crippen molar-refractivity contribution in [1.82, 2.24) is 9.79 Å². The van der Waals surface area contributed by atoms with E-state index in [1.54, 1.807) is 13.0 Å². The van der Waals surface area contributed by atoms with Gasteiger partial charge in [0.25, 0.3) is 0 Å². The van der Waals surface area contributed by atoms with E-state index in [9.17, 15) is 27.7 Å². The number of hydrogen-bond donors (Lipinski definition) is 2. The first-order chi connectivity index (χ1) is 14.2. The molecule has 0 spiro atoms. The minimum Gasteiger partial charge on any atom is -0.744 e. The van der Waals surface area contributed by atoms with Crippen LogP contribution in [0.2, 0.25) is 0 Å². The molecule has 2 aliphatic heterocycles. The maximum absolute atomic E-state index is 15.5. The molecule has 0 unspecified atom stereocenters. The van der Waals surface area contributed by atoms with Crippen LogP contribution in [-0.4, -0.2) is 59.1 Å². The van der Waals surface area contributed by atoms with E-state index in [-0.39, 0.29) is 19.9 Å². The second-order valence-corrected chi connectivity index (χ2v) is 8.74. The van der Waals surface area contributed by atoms with E-state index in [1.165, 1.54) is 13.0 Å². The van der Waals surface area contributed by atoms with Crippen LogP contribution in [-0.2, 0) is 19.7 Å². The van der Waals surface area contributed by atoms with Crippen molar-refractivity contribution in [3.05, 3.63) is 39.7 Å². The van der Waals surface area contributed by atoms with E-state index in [0.29, 0.717) is 10.0 Å². The number of aromatic nitrogens is 1. The van der Waals surface area contributed by atoms with Crippen molar-refractivity contribution in [3.63, 3.8) is 0 Å². The van der Waals surface area contributed by atoms with E-state index in [1.807, 2.05) is 0 Å². The van der Waals surface area contributed by atoms with Gasteiger partial charge in [-0.3, -0.25) is 4.79 Å². The number of halogens is 2. The van der Waals surface area contributed by atoms with Gasteiger partial charge in [-0.1, -0.05) is 0 Å². The molecule has 14 heteroatoms. The first-order valence-electron chi connectivity index (χ1n) is 9.24. The van der Waals surface area contributed by atoms with Gasteiger partial charge in [-0.2, -0.15) is 0 Å². The van der Waals surface area contributed by atoms with Crippen molar-refractivity contribution in [3.8, 4) is 0 Å². The van der Waals surface area contributed by atoms with Crippen molar-refractivity contribution in [1.29, 1.82) is 0 Å². The Morgan fingerprint density at radius 1 is 1.35 bits per heavy atom.